The third-order valence-corrected chi connectivity index (χ3v) is 4.30. The van der Waals surface area contributed by atoms with Crippen molar-refractivity contribution in [2.75, 3.05) is 25.4 Å². The molecule has 1 aliphatic rings. The van der Waals surface area contributed by atoms with Crippen LogP contribution in [0.2, 0.25) is 0 Å². The molecule has 4 nitrogen and oxygen atoms in total. The van der Waals surface area contributed by atoms with Gasteiger partial charge in [0.1, 0.15) is 0 Å². The smallest absolute Gasteiger partial charge is 0.268 e. The summed E-state index contributed by atoms with van der Waals surface area (Å²) in [6.45, 7) is 10.9. The standard InChI is InChI=1S/C13H23NO3S/c1-4-8-14(9-5-2)10-11-18(15,16)17-12(3)13-6-7-13/h4-5,12-13H,1-2,6-11H2,3H3. The fraction of sp³-hybridized carbons (Fsp3) is 0.692. The molecule has 1 fully saturated rings. The van der Waals surface area contributed by atoms with Crippen LogP contribution in [0.3, 0.4) is 0 Å². The maximum Gasteiger partial charge on any atom is 0.268 e. The Hall–Kier alpha value is -0.650. The van der Waals surface area contributed by atoms with E-state index >= 15 is 0 Å². The fourth-order valence-corrected chi connectivity index (χ4v) is 2.98. The van der Waals surface area contributed by atoms with Crippen molar-refractivity contribution in [2.24, 2.45) is 5.92 Å². The minimum Gasteiger partial charge on any atom is -0.295 e. The van der Waals surface area contributed by atoms with Crippen molar-refractivity contribution in [1.82, 2.24) is 4.90 Å². The van der Waals surface area contributed by atoms with Gasteiger partial charge in [0.2, 0.25) is 0 Å². The first-order valence-corrected chi connectivity index (χ1v) is 7.91. The first kappa shape index (κ1) is 15.4. The largest absolute Gasteiger partial charge is 0.295 e. The Labute approximate surface area is 110 Å². The van der Waals surface area contributed by atoms with Crippen LogP contribution in [-0.2, 0) is 14.3 Å². The zero-order valence-electron chi connectivity index (χ0n) is 11.0. The Kier molecular flexibility index (Phi) is 6.05. The van der Waals surface area contributed by atoms with Gasteiger partial charge in [0, 0.05) is 19.6 Å². The molecule has 0 heterocycles. The maximum atomic E-state index is 11.8. The molecule has 1 atom stereocenters. The van der Waals surface area contributed by atoms with Crippen molar-refractivity contribution in [3.05, 3.63) is 25.3 Å². The van der Waals surface area contributed by atoms with Crippen LogP contribution in [0.4, 0.5) is 0 Å². The molecule has 5 heteroatoms. The molecule has 0 saturated heterocycles. The van der Waals surface area contributed by atoms with Crippen LogP contribution in [0.1, 0.15) is 19.8 Å². The van der Waals surface area contributed by atoms with E-state index < -0.39 is 10.1 Å². The average Bonchev–Trinajstić information content (AvgIpc) is 3.10. The van der Waals surface area contributed by atoms with E-state index in [4.69, 9.17) is 4.18 Å². The van der Waals surface area contributed by atoms with Gasteiger partial charge >= 0.3 is 0 Å². The zero-order valence-corrected chi connectivity index (χ0v) is 11.9. The number of hydrogen-bond acceptors (Lipinski definition) is 4. The van der Waals surface area contributed by atoms with Crippen molar-refractivity contribution < 1.29 is 12.6 Å². The molecule has 1 rings (SSSR count). The molecular weight excluding hydrogens is 250 g/mol. The number of nitrogens with zero attached hydrogens (tertiary/aromatic N) is 1. The summed E-state index contributed by atoms with van der Waals surface area (Å²) in [6.07, 6.45) is 5.49. The molecule has 0 aromatic carbocycles. The average molecular weight is 273 g/mol. The zero-order chi connectivity index (χ0) is 13.6. The van der Waals surface area contributed by atoms with Crippen LogP contribution >= 0.6 is 0 Å². The molecule has 0 aromatic heterocycles. The lowest BCUT2D eigenvalue weighted by atomic mass is 10.3. The van der Waals surface area contributed by atoms with Crippen LogP contribution in [0.5, 0.6) is 0 Å². The molecule has 1 unspecified atom stereocenters. The van der Waals surface area contributed by atoms with Crippen LogP contribution in [0, 0.1) is 5.92 Å². The molecule has 18 heavy (non-hydrogen) atoms. The van der Waals surface area contributed by atoms with Gasteiger partial charge in [-0.2, -0.15) is 8.42 Å². The summed E-state index contributed by atoms with van der Waals surface area (Å²) in [6, 6.07) is 0. The van der Waals surface area contributed by atoms with Crippen LogP contribution < -0.4 is 0 Å². The number of rotatable bonds is 10. The second kappa shape index (κ2) is 7.07. The molecule has 1 aliphatic carbocycles. The SMILES string of the molecule is C=CCN(CC=C)CCS(=O)(=O)OC(C)C1CC1. The van der Waals surface area contributed by atoms with E-state index in [0.717, 1.165) is 12.8 Å². The van der Waals surface area contributed by atoms with Crippen molar-refractivity contribution >= 4 is 10.1 Å². The highest BCUT2D eigenvalue weighted by atomic mass is 32.2. The lowest BCUT2D eigenvalue weighted by Crippen LogP contribution is -2.31. The summed E-state index contributed by atoms with van der Waals surface area (Å²) in [7, 11) is -3.43. The van der Waals surface area contributed by atoms with E-state index in [2.05, 4.69) is 13.2 Å². The Morgan fingerprint density at radius 2 is 1.89 bits per heavy atom. The van der Waals surface area contributed by atoms with Crippen molar-refractivity contribution in [1.29, 1.82) is 0 Å². The van der Waals surface area contributed by atoms with Crippen molar-refractivity contribution in [2.45, 2.75) is 25.9 Å². The first-order valence-electron chi connectivity index (χ1n) is 6.33. The van der Waals surface area contributed by atoms with Gasteiger partial charge in [-0.05, 0) is 25.7 Å². The van der Waals surface area contributed by atoms with Gasteiger partial charge in [0.05, 0.1) is 11.9 Å². The number of hydrogen-bond donors (Lipinski definition) is 0. The normalized spacial score (nSPS) is 17.7. The van der Waals surface area contributed by atoms with Gasteiger partial charge in [-0.25, -0.2) is 0 Å². The van der Waals surface area contributed by atoms with E-state index in [1.807, 2.05) is 11.8 Å². The second-order valence-electron chi connectivity index (χ2n) is 4.74. The molecular formula is C13H23NO3S. The Morgan fingerprint density at radius 3 is 2.33 bits per heavy atom. The molecule has 0 aliphatic heterocycles. The highest BCUT2D eigenvalue weighted by Gasteiger charge is 2.32. The fourth-order valence-electron chi connectivity index (χ4n) is 1.79. The van der Waals surface area contributed by atoms with Crippen LogP contribution in [-0.4, -0.2) is 44.8 Å². The van der Waals surface area contributed by atoms with E-state index in [-0.39, 0.29) is 11.9 Å². The third kappa shape index (κ3) is 5.80. The van der Waals surface area contributed by atoms with Gasteiger partial charge in [0.15, 0.2) is 0 Å². The maximum absolute atomic E-state index is 11.8. The summed E-state index contributed by atoms with van der Waals surface area (Å²) in [5.41, 5.74) is 0. The summed E-state index contributed by atoms with van der Waals surface area (Å²) < 4.78 is 28.7. The highest BCUT2D eigenvalue weighted by molar-refractivity contribution is 7.86. The molecule has 1 saturated carbocycles. The third-order valence-electron chi connectivity index (χ3n) is 3.02. The predicted octanol–water partition coefficient (Wildman–Crippen LogP) is 1.81. The topological polar surface area (TPSA) is 46.6 Å². The van der Waals surface area contributed by atoms with Gasteiger partial charge in [-0.1, -0.05) is 12.2 Å². The summed E-state index contributed by atoms with van der Waals surface area (Å²) in [5.74, 6) is 0.448. The van der Waals surface area contributed by atoms with E-state index in [0.29, 0.717) is 25.6 Å². The lowest BCUT2D eigenvalue weighted by Gasteiger charge is -2.19. The molecule has 0 bridgehead atoms. The summed E-state index contributed by atoms with van der Waals surface area (Å²) in [4.78, 5) is 1.96. The molecule has 0 spiro atoms. The van der Waals surface area contributed by atoms with Gasteiger partial charge in [0.25, 0.3) is 10.1 Å². The van der Waals surface area contributed by atoms with Crippen LogP contribution in [0.15, 0.2) is 25.3 Å². The molecule has 0 radical (unpaired) electrons. The highest BCUT2D eigenvalue weighted by Crippen LogP contribution is 2.34. The van der Waals surface area contributed by atoms with E-state index in [1.54, 1.807) is 12.2 Å². The quantitative estimate of drug-likeness (QED) is 0.450. The van der Waals surface area contributed by atoms with Crippen LogP contribution in [0.25, 0.3) is 0 Å². The minimum atomic E-state index is -3.43. The van der Waals surface area contributed by atoms with Gasteiger partial charge < -0.3 is 0 Å². The Bertz CT molecular complexity index is 364. The summed E-state index contributed by atoms with van der Waals surface area (Å²) in [5, 5.41) is 0. The Morgan fingerprint density at radius 1 is 1.33 bits per heavy atom. The Balaban J connectivity index is 2.38. The molecule has 104 valence electrons. The molecule has 0 amide bonds. The predicted molar refractivity (Wildman–Crippen MR) is 73.9 cm³/mol. The second-order valence-corrected chi connectivity index (χ2v) is 6.45. The first-order chi connectivity index (χ1) is 8.48. The van der Waals surface area contributed by atoms with Crippen molar-refractivity contribution in [3.63, 3.8) is 0 Å². The van der Waals surface area contributed by atoms with E-state index in [9.17, 15) is 8.42 Å². The lowest BCUT2D eigenvalue weighted by molar-refractivity contribution is 0.204. The minimum absolute atomic E-state index is 0.0196. The van der Waals surface area contributed by atoms with E-state index in [1.165, 1.54) is 0 Å². The molecule has 0 aromatic rings. The van der Waals surface area contributed by atoms with Gasteiger partial charge in [-0.3, -0.25) is 9.08 Å². The summed E-state index contributed by atoms with van der Waals surface area (Å²) >= 11 is 0. The van der Waals surface area contributed by atoms with Crippen molar-refractivity contribution in [3.8, 4) is 0 Å². The molecule has 0 N–H and O–H groups in total. The monoisotopic (exact) mass is 273 g/mol. The van der Waals surface area contributed by atoms with Gasteiger partial charge in [-0.15, -0.1) is 13.2 Å².